The molecule has 1 aliphatic heterocycles. The summed E-state index contributed by atoms with van der Waals surface area (Å²) in [5, 5.41) is 4.40. The van der Waals surface area contributed by atoms with Crippen LogP contribution in [0.15, 0.2) is 65.6 Å². The first-order valence-electron chi connectivity index (χ1n) is 8.59. The predicted octanol–water partition coefficient (Wildman–Crippen LogP) is 3.60. The smallest absolute Gasteiger partial charge is 0.292 e. The van der Waals surface area contributed by atoms with Crippen molar-refractivity contribution in [2.24, 2.45) is 0 Å². The second kappa shape index (κ2) is 7.50. The van der Waals surface area contributed by atoms with E-state index in [2.05, 4.69) is 5.10 Å². The highest BCUT2D eigenvalue weighted by molar-refractivity contribution is 6.33. The zero-order valence-corrected chi connectivity index (χ0v) is 15.1. The van der Waals surface area contributed by atoms with Crippen LogP contribution < -0.4 is 10.5 Å². The summed E-state index contributed by atoms with van der Waals surface area (Å²) in [6, 6.07) is 15.4. The maximum absolute atomic E-state index is 13.2. The molecule has 1 fully saturated rings. The molecule has 27 heavy (non-hydrogen) atoms. The topological polar surface area (TPSA) is 47.4 Å². The summed E-state index contributed by atoms with van der Waals surface area (Å²) in [7, 11) is 0. The fourth-order valence-electron chi connectivity index (χ4n) is 3.14. The lowest BCUT2D eigenvalue weighted by Crippen LogP contribution is -2.39. The molecule has 0 saturated carbocycles. The molecule has 1 aromatic heterocycles. The Kier molecular flexibility index (Phi) is 4.92. The monoisotopic (exact) mass is 385 g/mol. The van der Waals surface area contributed by atoms with Gasteiger partial charge in [0.15, 0.2) is 0 Å². The van der Waals surface area contributed by atoms with E-state index in [0.717, 1.165) is 5.56 Å². The molecule has 7 heteroatoms. The Morgan fingerprint density at radius 1 is 1.11 bits per heavy atom. The molecule has 138 valence electrons. The molecule has 4 rings (SSSR count). The van der Waals surface area contributed by atoms with Gasteiger partial charge in [-0.05, 0) is 29.8 Å². The largest absolute Gasteiger partial charge is 0.370 e. The highest BCUT2D eigenvalue weighted by Crippen LogP contribution is 2.29. The number of hydrogen-bond acceptors (Lipinski definition) is 4. The Labute approximate surface area is 160 Å². The first kappa shape index (κ1) is 17.7. The van der Waals surface area contributed by atoms with Gasteiger partial charge in [-0.1, -0.05) is 41.9 Å². The number of para-hydroxylation sites is 1. The third-order valence-corrected chi connectivity index (χ3v) is 4.91. The van der Waals surface area contributed by atoms with Crippen molar-refractivity contribution in [3.05, 3.63) is 87.6 Å². The third-order valence-electron chi connectivity index (χ3n) is 4.55. The summed E-state index contributed by atoms with van der Waals surface area (Å²) in [5.41, 5.74) is 1.74. The molecular weight excluding hydrogens is 369 g/mol. The average molecular weight is 386 g/mol. The van der Waals surface area contributed by atoms with Crippen molar-refractivity contribution >= 4 is 17.3 Å². The molecule has 2 heterocycles. The summed E-state index contributed by atoms with van der Waals surface area (Å²) in [5.74, 6) is -0.289. The van der Waals surface area contributed by atoms with Crippen LogP contribution in [0.1, 0.15) is 11.7 Å². The van der Waals surface area contributed by atoms with E-state index in [4.69, 9.17) is 16.3 Å². The first-order valence-corrected chi connectivity index (χ1v) is 8.96. The van der Waals surface area contributed by atoms with Crippen LogP contribution in [0.3, 0.4) is 0 Å². The predicted molar refractivity (Wildman–Crippen MR) is 102 cm³/mol. The van der Waals surface area contributed by atoms with Gasteiger partial charge in [0.2, 0.25) is 0 Å². The van der Waals surface area contributed by atoms with Crippen LogP contribution >= 0.6 is 11.6 Å². The molecule has 0 bridgehead atoms. The quantitative estimate of drug-likeness (QED) is 0.691. The van der Waals surface area contributed by atoms with Gasteiger partial charge >= 0.3 is 0 Å². The molecule has 0 aliphatic carbocycles. The van der Waals surface area contributed by atoms with Crippen LogP contribution in [-0.4, -0.2) is 29.5 Å². The summed E-state index contributed by atoms with van der Waals surface area (Å²) in [4.78, 5) is 14.7. The summed E-state index contributed by atoms with van der Waals surface area (Å²) < 4.78 is 20.2. The van der Waals surface area contributed by atoms with Crippen molar-refractivity contribution in [1.29, 1.82) is 0 Å². The van der Waals surface area contributed by atoms with Crippen LogP contribution in [0.4, 0.5) is 10.1 Å². The van der Waals surface area contributed by atoms with Gasteiger partial charge in [0.05, 0.1) is 24.2 Å². The van der Waals surface area contributed by atoms with E-state index in [1.165, 1.54) is 16.8 Å². The van der Waals surface area contributed by atoms with Crippen molar-refractivity contribution in [3.8, 4) is 5.69 Å². The van der Waals surface area contributed by atoms with Crippen LogP contribution in [0.5, 0.6) is 0 Å². The van der Waals surface area contributed by atoms with E-state index in [-0.39, 0.29) is 22.5 Å². The molecule has 0 amide bonds. The van der Waals surface area contributed by atoms with Crippen LogP contribution in [-0.2, 0) is 4.74 Å². The lowest BCUT2D eigenvalue weighted by molar-refractivity contribution is 0.0397. The van der Waals surface area contributed by atoms with Gasteiger partial charge in [0, 0.05) is 13.1 Å². The standard InChI is InChI=1S/C20H17ClFN3O2/c21-19-17(12-23-25(20(19)26)16-4-2-1-3-5-16)24-10-11-27-18(13-24)14-6-8-15(22)9-7-14/h1-9,12,18H,10-11,13H2/t18-/m0/s1. The second-order valence-electron chi connectivity index (χ2n) is 6.25. The SMILES string of the molecule is O=c1c(Cl)c(N2CCO[C@H](c3ccc(F)cc3)C2)cnn1-c1ccccc1. The van der Waals surface area contributed by atoms with E-state index >= 15 is 0 Å². The van der Waals surface area contributed by atoms with Crippen LogP contribution in [0.2, 0.25) is 5.02 Å². The zero-order valence-electron chi connectivity index (χ0n) is 14.4. The molecule has 2 aromatic carbocycles. The van der Waals surface area contributed by atoms with E-state index in [9.17, 15) is 9.18 Å². The Morgan fingerprint density at radius 3 is 2.59 bits per heavy atom. The van der Waals surface area contributed by atoms with Crippen molar-refractivity contribution in [2.75, 3.05) is 24.6 Å². The van der Waals surface area contributed by atoms with Crippen LogP contribution in [0.25, 0.3) is 5.69 Å². The number of rotatable bonds is 3. The van der Waals surface area contributed by atoms with Gasteiger partial charge in [-0.15, -0.1) is 0 Å². The van der Waals surface area contributed by atoms with Gasteiger partial charge in [-0.2, -0.15) is 9.78 Å². The highest BCUT2D eigenvalue weighted by atomic mass is 35.5. The molecule has 1 aliphatic rings. The molecule has 3 aromatic rings. The Hall–Kier alpha value is -2.70. The van der Waals surface area contributed by atoms with Gasteiger partial charge in [-0.3, -0.25) is 4.79 Å². The van der Waals surface area contributed by atoms with Gasteiger partial charge < -0.3 is 9.64 Å². The Bertz CT molecular complexity index is 992. The molecule has 0 spiro atoms. The number of morpholine rings is 1. The van der Waals surface area contributed by atoms with Gasteiger partial charge in [-0.25, -0.2) is 4.39 Å². The normalized spacial score (nSPS) is 17.1. The molecule has 1 atom stereocenters. The number of halogens is 2. The molecular formula is C20H17ClFN3O2. The second-order valence-corrected chi connectivity index (χ2v) is 6.63. The molecule has 5 nitrogen and oxygen atoms in total. The minimum absolute atomic E-state index is 0.119. The number of anilines is 1. The van der Waals surface area contributed by atoms with Crippen molar-refractivity contribution < 1.29 is 9.13 Å². The first-order chi connectivity index (χ1) is 13.1. The molecule has 0 N–H and O–H groups in total. The van der Waals surface area contributed by atoms with Gasteiger partial charge in [0.25, 0.3) is 5.56 Å². The molecule has 0 radical (unpaired) electrons. The van der Waals surface area contributed by atoms with Crippen molar-refractivity contribution in [1.82, 2.24) is 9.78 Å². The zero-order chi connectivity index (χ0) is 18.8. The molecule has 1 saturated heterocycles. The van der Waals surface area contributed by atoms with E-state index in [1.54, 1.807) is 30.5 Å². The highest BCUT2D eigenvalue weighted by Gasteiger charge is 2.25. The Balaban J connectivity index is 1.62. The third kappa shape index (κ3) is 3.59. The lowest BCUT2D eigenvalue weighted by Gasteiger charge is -2.34. The maximum Gasteiger partial charge on any atom is 0.292 e. The summed E-state index contributed by atoms with van der Waals surface area (Å²) >= 11 is 6.39. The van der Waals surface area contributed by atoms with Gasteiger partial charge in [0.1, 0.15) is 16.9 Å². The summed E-state index contributed by atoms with van der Waals surface area (Å²) in [6.45, 7) is 1.57. The fraction of sp³-hybridized carbons (Fsp3) is 0.200. The van der Waals surface area contributed by atoms with E-state index in [1.807, 2.05) is 23.1 Å². The maximum atomic E-state index is 13.2. The molecule has 0 unspecified atom stereocenters. The van der Waals surface area contributed by atoms with E-state index < -0.39 is 0 Å². The average Bonchev–Trinajstić information content (AvgIpc) is 2.71. The number of benzene rings is 2. The van der Waals surface area contributed by atoms with Crippen molar-refractivity contribution in [2.45, 2.75) is 6.10 Å². The van der Waals surface area contributed by atoms with Crippen LogP contribution in [0, 0.1) is 5.82 Å². The van der Waals surface area contributed by atoms with Crippen molar-refractivity contribution in [3.63, 3.8) is 0 Å². The number of hydrogen-bond donors (Lipinski definition) is 0. The fourth-order valence-corrected chi connectivity index (χ4v) is 3.39. The Morgan fingerprint density at radius 2 is 1.85 bits per heavy atom. The minimum atomic E-state index is -0.370. The number of nitrogens with zero attached hydrogens (tertiary/aromatic N) is 3. The summed E-state index contributed by atoms with van der Waals surface area (Å²) in [6.07, 6.45) is 1.37. The minimum Gasteiger partial charge on any atom is -0.370 e. The number of aromatic nitrogens is 2. The lowest BCUT2D eigenvalue weighted by atomic mass is 10.1. The van der Waals surface area contributed by atoms with E-state index in [0.29, 0.717) is 31.1 Å². The number of ether oxygens (including phenoxy) is 1.